The quantitative estimate of drug-likeness (QED) is 0.0719. The van der Waals surface area contributed by atoms with E-state index in [9.17, 15) is 29.4 Å². The van der Waals surface area contributed by atoms with Gasteiger partial charge in [0.15, 0.2) is 5.96 Å². The molecule has 11 N–H and O–H groups in total. The average Bonchev–Trinajstić information content (AvgIpc) is 2.85. The fourth-order valence-corrected chi connectivity index (χ4v) is 3.98. The number of benzene rings is 1. The number of aromatic hydroxyl groups is 1. The van der Waals surface area contributed by atoms with Gasteiger partial charge in [-0.1, -0.05) is 39.8 Å². The largest absolute Gasteiger partial charge is 0.508 e. The van der Waals surface area contributed by atoms with Crippen LogP contribution in [0.4, 0.5) is 0 Å². The van der Waals surface area contributed by atoms with E-state index in [1.54, 1.807) is 12.1 Å². The monoisotopic (exact) mass is 563 g/mol. The SMILES string of the molecule is CC(C)CC(N)C(=O)NC(CCCN=C(N)N)C(=O)NC(Cc1ccc(O)cc1)C(=O)NC(CC(C)C)C(=O)O. The molecule has 0 radical (unpaired) electrons. The zero-order chi connectivity index (χ0) is 30.4. The summed E-state index contributed by atoms with van der Waals surface area (Å²) in [7, 11) is 0. The third kappa shape index (κ3) is 13.3. The van der Waals surface area contributed by atoms with E-state index >= 15 is 0 Å². The first-order valence-electron chi connectivity index (χ1n) is 13.4. The predicted molar refractivity (Wildman–Crippen MR) is 152 cm³/mol. The lowest BCUT2D eigenvalue weighted by molar-refractivity contribution is -0.142. The molecule has 1 aromatic carbocycles. The lowest BCUT2D eigenvalue weighted by atomic mass is 10.0. The molecule has 4 unspecified atom stereocenters. The third-order valence-corrected chi connectivity index (χ3v) is 5.97. The number of nitrogens with two attached hydrogens (primary N) is 3. The van der Waals surface area contributed by atoms with E-state index in [0.29, 0.717) is 18.4 Å². The number of nitrogens with zero attached hydrogens (tertiary/aromatic N) is 1. The van der Waals surface area contributed by atoms with Gasteiger partial charge in [-0.15, -0.1) is 0 Å². The Labute approximate surface area is 235 Å². The molecule has 1 rings (SSSR count). The van der Waals surface area contributed by atoms with Gasteiger partial charge in [-0.3, -0.25) is 19.4 Å². The molecule has 0 saturated carbocycles. The first-order valence-corrected chi connectivity index (χ1v) is 13.4. The van der Waals surface area contributed by atoms with Gasteiger partial charge in [0.2, 0.25) is 17.7 Å². The number of phenols is 1. The molecular formula is C27H45N7O6. The number of aliphatic carboxylic acids is 1. The topological polar surface area (TPSA) is 235 Å². The van der Waals surface area contributed by atoms with Crippen LogP contribution in [0.15, 0.2) is 29.3 Å². The summed E-state index contributed by atoms with van der Waals surface area (Å²) >= 11 is 0. The lowest BCUT2D eigenvalue weighted by Gasteiger charge is -2.26. The van der Waals surface area contributed by atoms with Crippen molar-refractivity contribution in [3.05, 3.63) is 29.8 Å². The van der Waals surface area contributed by atoms with Crippen molar-refractivity contribution in [2.45, 2.75) is 84.0 Å². The van der Waals surface area contributed by atoms with E-state index in [-0.39, 0.29) is 49.4 Å². The Bertz CT molecular complexity index is 1010. The van der Waals surface area contributed by atoms with Gasteiger partial charge in [-0.05, 0) is 55.2 Å². The Hall–Kier alpha value is -3.87. The molecule has 0 bridgehead atoms. The highest BCUT2D eigenvalue weighted by Crippen LogP contribution is 2.13. The first kappa shape index (κ1) is 34.2. The van der Waals surface area contributed by atoms with Crippen LogP contribution in [0, 0.1) is 11.8 Å². The number of guanidine groups is 1. The van der Waals surface area contributed by atoms with Gasteiger partial charge in [0.05, 0.1) is 6.04 Å². The van der Waals surface area contributed by atoms with Gasteiger partial charge >= 0.3 is 5.97 Å². The summed E-state index contributed by atoms with van der Waals surface area (Å²) in [5.74, 6) is -2.99. The molecule has 13 heteroatoms. The van der Waals surface area contributed by atoms with Gasteiger partial charge < -0.3 is 43.4 Å². The van der Waals surface area contributed by atoms with Gasteiger partial charge in [-0.25, -0.2) is 4.79 Å². The maximum atomic E-state index is 13.4. The summed E-state index contributed by atoms with van der Waals surface area (Å²) in [4.78, 5) is 55.1. The van der Waals surface area contributed by atoms with Gasteiger partial charge in [0.1, 0.15) is 23.9 Å². The molecule has 0 spiro atoms. The van der Waals surface area contributed by atoms with Gasteiger partial charge in [0.25, 0.3) is 0 Å². The zero-order valence-electron chi connectivity index (χ0n) is 23.7. The molecule has 0 aliphatic heterocycles. The summed E-state index contributed by atoms with van der Waals surface area (Å²) < 4.78 is 0. The highest BCUT2D eigenvalue weighted by molar-refractivity contribution is 5.94. The fraction of sp³-hybridized carbons (Fsp3) is 0.593. The molecule has 3 amide bonds. The Morgan fingerprint density at radius 1 is 0.825 bits per heavy atom. The standard InChI is InChI=1S/C27H45N7O6/c1-15(2)12-19(28)23(36)32-20(6-5-11-31-27(29)30)24(37)33-21(14-17-7-9-18(35)10-8-17)25(38)34-22(26(39)40)13-16(3)4/h7-10,15-16,19-22,35H,5-6,11-14,28H2,1-4H3,(H,32,36)(H,33,37)(H,34,38)(H,39,40)(H4,29,30,31). The fourth-order valence-electron chi connectivity index (χ4n) is 3.98. The van der Waals surface area contributed by atoms with Crippen LogP contribution >= 0.6 is 0 Å². The van der Waals surface area contributed by atoms with Crippen molar-refractivity contribution in [1.82, 2.24) is 16.0 Å². The van der Waals surface area contributed by atoms with E-state index in [4.69, 9.17) is 17.2 Å². The minimum absolute atomic E-state index is 0.00734. The third-order valence-electron chi connectivity index (χ3n) is 5.97. The van der Waals surface area contributed by atoms with Crippen molar-refractivity contribution in [2.24, 2.45) is 34.0 Å². The Morgan fingerprint density at radius 2 is 1.35 bits per heavy atom. The van der Waals surface area contributed by atoms with E-state index in [2.05, 4.69) is 20.9 Å². The van der Waals surface area contributed by atoms with Crippen LogP contribution in [-0.2, 0) is 25.6 Å². The second-order valence-electron chi connectivity index (χ2n) is 10.7. The van der Waals surface area contributed by atoms with Crippen LogP contribution in [-0.4, -0.2) is 70.6 Å². The van der Waals surface area contributed by atoms with Crippen molar-refractivity contribution >= 4 is 29.7 Å². The molecule has 4 atom stereocenters. The highest BCUT2D eigenvalue weighted by atomic mass is 16.4. The molecule has 0 heterocycles. The van der Waals surface area contributed by atoms with Crippen LogP contribution in [0.1, 0.15) is 58.9 Å². The number of aliphatic imine (C=N–C) groups is 1. The second kappa shape index (κ2) is 17.0. The normalized spacial score (nSPS) is 14.1. The highest BCUT2D eigenvalue weighted by Gasteiger charge is 2.30. The summed E-state index contributed by atoms with van der Waals surface area (Å²) in [6.07, 6.45) is 1.11. The predicted octanol–water partition coefficient (Wildman–Crippen LogP) is -0.0532. The number of hydrogen-bond donors (Lipinski definition) is 8. The Kier molecular flexibility index (Phi) is 14.5. The number of hydrogen-bond acceptors (Lipinski definition) is 7. The first-order chi connectivity index (χ1) is 18.7. The second-order valence-corrected chi connectivity index (χ2v) is 10.7. The van der Waals surface area contributed by atoms with Crippen LogP contribution in [0.5, 0.6) is 5.75 Å². The van der Waals surface area contributed by atoms with Crippen LogP contribution in [0.25, 0.3) is 0 Å². The number of amides is 3. The number of carboxylic acid groups (broad SMARTS) is 1. The minimum atomic E-state index is -1.19. The number of phenolic OH excluding ortho intramolecular Hbond substituents is 1. The van der Waals surface area contributed by atoms with Crippen molar-refractivity contribution < 1.29 is 29.4 Å². The zero-order valence-corrected chi connectivity index (χ0v) is 23.7. The van der Waals surface area contributed by atoms with Crippen molar-refractivity contribution in [3.8, 4) is 5.75 Å². The lowest BCUT2D eigenvalue weighted by Crippen LogP contribution is -2.57. The molecule has 40 heavy (non-hydrogen) atoms. The Morgan fingerprint density at radius 3 is 1.88 bits per heavy atom. The maximum absolute atomic E-state index is 13.4. The van der Waals surface area contributed by atoms with E-state index in [1.165, 1.54) is 12.1 Å². The van der Waals surface area contributed by atoms with Crippen LogP contribution in [0.2, 0.25) is 0 Å². The minimum Gasteiger partial charge on any atom is -0.508 e. The summed E-state index contributed by atoms with van der Waals surface area (Å²) in [6.45, 7) is 7.72. The molecule has 13 nitrogen and oxygen atoms in total. The van der Waals surface area contributed by atoms with Gasteiger partial charge in [0, 0.05) is 13.0 Å². The molecule has 0 fully saturated rings. The molecule has 0 aliphatic rings. The summed E-state index contributed by atoms with van der Waals surface area (Å²) in [5, 5.41) is 27.1. The van der Waals surface area contributed by atoms with Crippen molar-refractivity contribution in [3.63, 3.8) is 0 Å². The average molecular weight is 564 g/mol. The summed E-state index contributed by atoms with van der Waals surface area (Å²) in [6, 6.07) is 1.83. The summed E-state index contributed by atoms with van der Waals surface area (Å²) in [5.41, 5.74) is 17.4. The molecule has 224 valence electrons. The number of carbonyl (C=O) groups is 4. The molecule has 1 aromatic rings. The van der Waals surface area contributed by atoms with Crippen molar-refractivity contribution in [1.29, 1.82) is 0 Å². The number of rotatable bonds is 17. The smallest absolute Gasteiger partial charge is 0.326 e. The number of carboxylic acids is 1. The van der Waals surface area contributed by atoms with E-state index < -0.39 is 47.9 Å². The van der Waals surface area contributed by atoms with Gasteiger partial charge in [-0.2, -0.15) is 0 Å². The van der Waals surface area contributed by atoms with Crippen LogP contribution in [0.3, 0.4) is 0 Å². The molecule has 0 saturated heterocycles. The van der Waals surface area contributed by atoms with Crippen LogP contribution < -0.4 is 33.2 Å². The van der Waals surface area contributed by atoms with E-state index in [1.807, 2.05) is 27.7 Å². The molecule has 0 aromatic heterocycles. The van der Waals surface area contributed by atoms with Crippen molar-refractivity contribution in [2.75, 3.05) is 6.54 Å². The molecule has 0 aliphatic carbocycles. The van der Waals surface area contributed by atoms with E-state index in [0.717, 1.165) is 0 Å². The number of carbonyl (C=O) groups excluding carboxylic acids is 3. The molecular weight excluding hydrogens is 518 g/mol. The Balaban J connectivity index is 3.20. The maximum Gasteiger partial charge on any atom is 0.326 e. The number of nitrogens with one attached hydrogen (secondary N) is 3.